The second kappa shape index (κ2) is 10.3. The zero-order chi connectivity index (χ0) is 25.9. The number of aromatic hydroxyl groups is 1. The first-order valence-corrected chi connectivity index (χ1v) is 12.2. The third-order valence-electron chi connectivity index (χ3n) is 6.31. The minimum Gasteiger partial charge on any atom is -0.508 e. The zero-order valence-electron chi connectivity index (χ0n) is 20.6. The highest BCUT2D eigenvalue weighted by Gasteiger charge is 2.37. The van der Waals surface area contributed by atoms with Crippen molar-refractivity contribution in [1.29, 1.82) is 0 Å². The molecule has 1 aliphatic rings. The van der Waals surface area contributed by atoms with E-state index in [9.17, 15) is 14.7 Å². The largest absolute Gasteiger partial charge is 0.508 e. The van der Waals surface area contributed by atoms with Gasteiger partial charge >= 0.3 is 0 Å². The van der Waals surface area contributed by atoms with Gasteiger partial charge in [-0.05, 0) is 68.3 Å². The summed E-state index contributed by atoms with van der Waals surface area (Å²) < 4.78 is 11.4. The summed E-state index contributed by atoms with van der Waals surface area (Å²) >= 11 is 0. The quantitative estimate of drug-likeness (QED) is 0.370. The molecule has 37 heavy (non-hydrogen) atoms. The number of aromatic nitrogens is 4. The number of aryl methyl sites for hydroxylation is 2. The normalized spacial score (nSPS) is 14.5. The molecule has 11 nitrogen and oxygen atoms in total. The summed E-state index contributed by atoms with van der Waals surface area (Å²) in [6.07, 6.45) is 3.85. The third-order valence-corrected chi connectivity index (χ3v) is 6.31. The average Bonchev–Trinajstić information content (AvgIpc) is 3.66. The van der Waals surface area contributed by atoms with Crippen LogP contribution >= 0.6 is 0 Å². The summed E-state index contributed by atoms with van der Waals surface area (Å²) in [7, 11) is 0. The highest BCUT2D eigenvalue weighted by atomic mass is 16.3. The maximum absolute atomic E-state index is 13.8. The number of hydrogen-bond donors (Lipinski definition) is 2. The minimum absolute atomic E-state index is 0.0310. The Labute approximate surface area is 213 Å². The molecule has 0 aliphatic heterocycles. The molecule has 2 amide bonds. The number of nitrogens with one attached hydrogen (secondary N) is 1. The van der Waals surface area contributed by atoms with Gasteiger partial charge in [-0.3, -0.25) is 14.5 Å². The van der Waals surface area contributed by atoms with Gasteiger partial charge in [0, 0.05) is 17.8 Å². The number of amides is 2. The van der Waals surface area contributed by atoms with E-state index in [2.05, 4.69) is 20.7 Å². The van der Waals surface area contributed by atoms with Gasteiger partial charge in [0.2, 0.25) is 5.82 Å². The highest BCUT2D eigenvalue weighted by molar-refractivity contribution is 6.01. The van der Waals surface area contributed by atoms with E-state index in [1.54, 1.807) is 50.2 Å². The molecule has 0 saturated heterocycles. The first-order chi connectivity index (χ1) is 17.9. The number of carbonyl (C=O) groups is 2. The average molecular weight is 505 g/mol. The van der Waals surface area contributed by atoms with Crippen LogP contribution in [0.5, 0.6) is 5.75 Å². The summed E-state index contributed by atoms with van der Waals surface area (Å²) in [5, 5.41) is 25.5. The Bertz CT molecular complexity index is 1400. The van der Waals surface area contributed by atoms with Crippen molar-refractivity contribution in [3.63, 3.8) is 0 Å². The molecule has 4 aromatic rings. The van der Waals surface area contributed by atoms with Gasteiger partial charge in [-0.1, -0.05) is 18.9 Å². The van der Waals surface area contributed by atoms with Crippen molar-refractivity contribution in [3.05, 3.63) is 65.8 Å². The van der Waals surface area contributed by atoms with Crippen molar-refractivity contribution in [2.24, 2.45) is 0 Å². The van der Waals surface area contributed by atoms with E-state index in [-0.39, 0.29) is 30.1 Å². The molecule has 1 atom stereocenters. The van der Waals surface area contributed by atoms with E-state index in [0.29, 0.717) is 28.7 Å². The van der Waals surface area contributed by atoms with Gasteiger partial charge in [-0.15, -0.1) is 10.2 Å². The number of hydrogen-bond acceptors (Lipinski definition) is 8. The van der Waals surface area contributed by atoms with Gasteiger partial charge in [0.1, 0.15) is 29.6 Å². The summed E-state index contributed by atoms with van der Waals surface area (Å²) in [5.41, 5.74) is 0.327. The van der Waals surface area contributed by atoms with Crippen LogP contribution in [0.25, 0.3) is 11.6 Å². The number of carbonyl (C=O) groups excluding carboxylic acids is 2. The number of furan rings is 2. The van der Waals surface area contributed by atoms with Crippen molar-refractivity contribution in [2.45, 2.75) is 58.2 Å². The maximum Gasteiger partial charge on any atom is 0.251 e. The number of rotatable bonds is 8. The zero-order valence-corrected chi connectivity index (χ0v) is 20.6. The highest BCUT2D eigenvalue weighted by Crippen LogP contribution is 2.32. The first kappa shape index (κ1) is 24.3. The topological polar surface area (TPSA) is 140 Å². The number of tetrazole rings is 1. The van der Waals surface area contributed by atoms with Crippen molar-refractivity contribution in [2.75, 3.05) is 4.90 Å². The van der Waals surface area contributed by atoms with E-state index in [1.807, 2.05) is 0 Å². The molecule has 1 aliphatic carbocycles. The van der Waals surface area contributed by atoms with E-state index >= 15 is 0 Å². The molecule has 0 radical (unpaired) electrons. The van der Waals surface area contributed by atoms with Gasteiger partial charge in [-0.25, -0.2) is 0 Å². The van der Waals surface area contributed by atoms with Crippen molar-refractivity contribution in [3.8, 4) is 17.3 Å². The molecule has 0 unspecified atom stereocenters. The van der Waals surface area contributed by atoms with Gasteiger partial charge in [0.15, 0.2) is 11.8 Å². The predicted molar refractivity (Wildman–Crippen MR) is 132 cm³/mol. The number of phenols is 1. The van der Waals surface area contributed by atoms with Gasteiger partial charge in [0.05, 0.1) is 0 Å². The van der Waals surface area contributed by atoms with Crippen LogP contribution < -0.4 is 10.2 Å². The Balaban J connectivity index is 1.49. The molecule has 11 heteroatoms. The molecule has 192 valence electrons. The monoisotopic (exact) mass is 504 g/mol. The van der Waals surface area contributed by atoms with E-state index in [4.69, 9.17) is 8.83 Å². The van der Waals surface area contributed by atoms with E-state index < -0.39 is 11.9 Å². The van der Waals surface area contributed by atoms with Crippen LogP contribution in [-0.2, 0) is 16.1 Å². The molecular formula is C26H28N6O5. The van der Waals surface area contributed by atoms with Crippen LogP contribution in [0.3, 0.4) is 0 Å². The molecule has 3 aromatic heterocycles. The maximum atomic E-state index is 13.8. The second-order valence-corrected chi connectivity index (χ2v) is 9.18. The Morgan fingerprint density at radius 2 is 1.86 bits per heavy atom. The fourth-order valence-corrected chi connectivity index (χ4v) is 4.57. The van der Waals surface area contributed by atoms with Gasteiger partial charge < -0.3 is 19.3 Å². The minimum atomic E-state index is -1.11. The lowest BCUT2D eigenvalue weighted by molar-refractivity contribution is -0.128. The predicted octanol–water partition coefficient (Wildman–Crippen LogP) is 3.68. The molecular weight excluding hydrogens is 476 g/mol. The molecule has 2 N–H and O–H groups in total. The molecule has 1 fully saturated rings. The summed E-state index contributed by atoms with van der Waals surface area (Å²) in [5.74, 6) is 1.37. The van der Waals surface area contributed by atoms with Crippen LogP contribution in [0.15, 0.2) is 57.4 Å². The smallest absolute Gasteiger partial charge is 0.251 e. The molecule has 1 saturated carbocycles. The van der Waals surface area contributed by atoms with Crippen LogP contribution in [0.1, 0.15) is 49.0 Å². The van der Waals surface area contributed by atoms with E-state index in [1.165, 1.54) is 17.0 Å². The van der Waals surface area contributed by atoms with Crippen molar-refractivity contribution in [1.82, 2.24) is 25.5 Å². The van der Waals surface area contributed by atoms with Crippen LogP contribution in [-0.4, -0.2) is 43.2 Å². The van der Waals surface area contributed by atoms with Gasteiger partial charge in [0.25, 0.3) is 11.8 Å². The first-order valence-electron chi connectivity index (χ1n) is 12.2. The Kier molecular flexibility index (Phi) is 6.76. The standard InChI is InChI=1S/C26H28N6O5/c1-16-10-12-21(36-16)24(26(35)27-18-6-3-4-7-18)32(19-8-5-9-20(33)14-19)23(34)15-31-29-25(28-30-31)22-13-11-17(2)37-22/h5,8-14,18,24,33H,3-4,6-7,15H2,1-2H3,(H,27,35)/t24-/m0/s1. The molecule has 0 bridgehead atoms. The SMILES string of the molecule is Cc1ccc(-c2nnn(CC(=O)N(c3cccc(O)c3)[C@H](C(=O)NC3CCCC3)c3ccc(C)o3)n2)o1. The lowest BCUT2D eigenvalue weighted by Crippen LogP contribution is -2.47. The van der Waals surface area contributed by atoms with Crippen LogP contribution in [0.4, 0.5) is 5.69 Å². The van der Waals surface area contributed by atoms with E-state index in [0.717, 1.165) is 30.5 Å². The Morgan fingerprint density at radius 3 is 2.54 bits per heavy atom. The summed E-state index contributed by atoms with van der Waals surface area (Å²) in [6, 6.07) is 12.0. The molecule has 0 spiro atoms. The Morgan fingerprint density at radius 1 is 1.11 bits per heavy atom. The second-order valence-electron chi connectivity index (χ2n) is 9.18. The Hall–Kier alpha value is -4.41. The third kappa shape index (κ3) is 5.40. The number of anilines is 1. The molecule has 1 aromatic carbocycles. The van der Waals surface area contributed by atoms with Crippen molar-refractivity contribution < 1.29 is 23.5 Å². The summed E-state index contributed by atoms with van der Waals surface area (Å²) in [4.78, 5) is 29.9. The van der Waals surface area contributed by atoms with Gasteiger partial charge in [-0.2, -0.15) is 4.80 Å². The summed E-state index contributed by atoms with van der Waals surface area (Å²) in [6.45, 7) is 3.26. The van der Waals surface area contributed by atoms with Crippen molar-refractivity contribution >= 4 is 17.5 Å². The number of nitrogens with zero attached hydrogens (tertiary/aromatic N) is 5. The fourth-order valence-electron chi connectivity index (χ4n) is 4.57. The van der Waals surface area contributed by atoms with Crippen LogP contribution in [0.2, 0.25) is 0 Å². The lowest BCUT2D eigenvalue weighted by Gasteiger charge is -2.30. The molecule has 3 heterocycles. The number of benzene rings is 1. The number of phenolic OH excluding ortho intramolecular Hbond substituents is 1. The molecule has 5 rings (SSSR count). The lowest BCUT2D eigenvalue weighted by atomic mass is 10.1. The van der Waals surface area contributed by atoms with Crippen LogP contribution in [0, 0.1) is 13.8 Å². The fraction of sp³-hybridized carbons (Fsp3) is 0.346.